The van der Waals surface area contributed by atoms with Gasteiger partial charge in [-0.05, 0) is 65.6 Å². The van der Waals surface area contributed by atoms with E-state index in [0.29, 0.717) is 17.3 Å². The van der Waals surface area contributed by atoms with Gasteiger partial charge in [0.15, 0.2) is 0 Å². The molecule has 0 saturated carbocycles. The lowest BCUT2D eigenvalue weighted by molar-refractivity contribution is -0.140. The van der Waals surface area contributed by atoms with Gasteiger partial charge in [-0.25, -0.2) is 8.42 Å². The Morgan fingerprint density at radius 2 is 1.45 bits per heavy atom. The van der Waals surface area contributed by atoms with Crippen LogP contribution in [0.3, 0.4) is 0 Å². The van der Waals surface area contributed by atoms with Crippen LogP contribution in [0.1, 0.15) is 25.0 Å². The number of carbonyl (C=O) groups excluding carboxylic acids is 2. The molecule has 1 N–H and O–H groups in total. The zero-order valence-electron chi connectivity index (χ0n) is 24.6. The van der Waals surface area contributed by atoms with Crippen molar-refractivity contribution in [2.24, 2.45) is 5.92 Å². The second-order valence-electron chi connectivity index (χ2n) is 10.8. The molecule has 10 heteroatoms. The van der Waals surface area contributed by atoms with Gasteiger partial charge in [0.2, 0.25) is 11.8 Å². The van der Waals surface area contributed by atoms with Crippen LogP contribution in [-0.2, 0) is 32.6 Å². The lowest BCUT2D eigenvalue weighted by Crippen LogP contribution is -2.53. The summed E-state index contributed by atoms with van der Waals surface area (Å²) in [6.07, 6.45) is 0.250. The van der Waals surface area contributed by atoms with Gasteiger partial charge in [-0.2, -0.15) is 0 Å². The average molecular weight is 697 g/mol. The molecule has 0 radical (unpaired) electrons. The van der Waals surface area contributed by atoms with Crippen LogP contribution < -0.4 is 9.62 Å². The Hall–Kier alpha value is -3.66. The molecule has 0 aliphatic carbocycles. The standard InChI is InChI=1S/C34H35BrClN3O4S/c1-25(2)22-37-34(41)32(21-26-10-5-3-6-11-26)38(23-27-12-9-13-28(35)20-27)33(40)24-39(30-14-7-4-8-15-30)44(42,43)31-18-16-29(36)17-19-31/h3-20,25,32H,21-24H2,1-2H3,(H,37,41)/t32-/m0/s1. The molecule has 0 spiro atoms. The smallest absolute Gasteiger partial charge is 0.264 e. The number of nitrogens with zero attached hydrogens (tertiary/aromatic N) is 2. The van der Waals surface area contributed by atoms with Gasteiger partial charge >= 0.3 is 0 Å². The van der Waals surface area contributed by atoms with Gasteiger partial charge in [0.1, 0.15) is 12.6 Å². The summed E-state index contributed by atoms with van der Waals surface area (Å²) < 4.78 is 29.9. The van der Waals surface area contributed by atoms with Gasteiger partial charge in [-0.15, -0.1) is 0 Å². The van der Waals surface area contributed by atoms with Gasteiger partial charge in [0, 0.05) is 29.0 Å². The number of anilines is 1. The maximum Gasteiger partial charge on any atom is 0.264 e. The Balaban J connectivity index is 1.78. The van der Waals surface area contributed by atoms with E-state index in [2.05, 4.69) is 21.2 Å². The first-order valence-corrected chi connectivity index (χ1v) is 16.8. The van der Waals surface area contributed by atoms with E-state index < -0.39 is 28.5 Å². The molecule has 4 aromatic carbocycles. The molecule has 4 aromatic rings. The number of rotatable bonds is 13. The summed E-state index contributed by atoms with van der Waals surface area (Å²) in [6, 6.07) is 30.3. The van der Waals surface area contributed by atoms with Crippen molar-refractivity contribution in [3.63, 3.8) is 0 Å². The number of carbonyl (C=O) groups is 2. The first-order chi connectivity index (χ1) is 21.0. The topological polar surface area (TPSA) is 86.8 Å². The predicted octanol–water partition coefficient (Wildman–Crippen LogP) is 6.71. The van der Waals surface area contributed by atoms with Crippen molar-refractivity contribution < 1.29 is 18.0 Å². The minimum atomic E-state index is -4.19. The van der Waals surface area contributed by atoms with Crippen LogP contribution in [0, 0.1) is 5.92 Å². The second kappa shape index (κ2) is 15.4. The second-order valence-corrected chi connectivity index (χ2v) is 14.0. The molecule has 7 nitrogen and oxygen atoms in total. The summed E-state index contributed by atoms with van der Waals surface area (Å²) in [4.78, 5) is 29.7. The quantitative estimate of drug-likeness (QED) is 0.168. The Kier molecular flexibility index (Phi) is 11.6. The molecule has 230 valence electrons. The number of benzene rings is 4. The highest BCUT2D eigenvalue weighted by molar-refractivity contribution is 9.10. The van der Waals surface area contributed by atoms with E-state index in [-0.39, 0.29) is 29.7 Å². The molecule has 0 aliphatic rings. The Bertz CT molecular complexity index is 1650. The number of para-hydroxylation sites is 1. The molecule has 0 heterocycles. The molecule has 0 unspecified atom stereocenters. The van der Waals surface area contributed by atoms with Crippen LogP contribution in [-0.4, -0.2) is 44.3 Å². The average Bonchev–Trinajstić information content (AvgIpc) is 3.01. The van der Waals surface area contributed by atoms with Gasteiger partial charge in [0.05, 0.1) is 10.6 Å². The fraction of sp³-hybridized carbons (Fsp3) is 0.235. The monoisotopic (exact) mass is 695 g/mol. The number of hydrogen-bond acceptors (Lipinski definition) is 4. The van der Waals surface area contributed by atoms with Crippen molar-refractivity contribution in [2.75, 3.05) is 17.4 Å². The molecule has 44 heavy (non-hydrogen) atoms. The van der Waals surface area contributed by atoms with Crippen molar-refractivity contribution in [3.05, 3.63) is 130 Å². The largest absolute Gasteiger partial charge is 0.354 e. The fourth-order valence-electron chi connectivity index (χ4n) is 4.67. The fourth-order valence-corrected chi connectivity index (χ4v) is 6.65. The molecular formula is C34H35BrClN3O4S. The third kappa shape index (κ3) is 8.94. The van der Waals surface area contributed by atoms with E-state index in [1.807, 2.05) is 68.4 Å². The lowest BCUT2D eigenvalue weighted by atomic mass is 10.0. The van der Waals surface area contributed by atoms with Crippen LogP contribution in [0.25, 0.3) is 0 Å². The van der Waals surface area contributed by atoms with E-state index in [0.717, 1.165) is 19.9 Å². The Morgan fingerprint density at radius 1 is 0.841 bits per heavy atom. The van der Waals surface area contributed by atoms with Crippen molar-refractivity contribution in [3.8, 4) is 0 Å². The number of halogens is 2. The van der Waals surface area contributed by atoms with Crippen molar-refractivity contribution >= 4 is 55.1 Å². The minimum Gasteiger partial charge on any atom is -0.354 e. The summed E-state index contributed by atoms with van der Waals surface area (Å²) in [7, 11) is -4.19. The number of sulfonamides is 1. The summed E-state index contributed by atoms with van der Waals surface area (Å²) in [5.41, 5.74) is 1.98. The van der Waals surface area contributed by atoms with Gasteiger partial charge in [-0.3, -0.25) is 13.9 Å². The normalized spacial score (nSPS) is 12.0. The molecule has 2 amide bonds. The SMILES string of the molecule is CC(C)CNC(=O)[C@H](Cc1ccccc1)N(Cc1cccc(Br)c1)C(=O)CN(c1ccccc1)S(=O)(=O)c1ccc(Cl)cc1. The number of hydrogen-bond donors (Lipinski definition) is 1. The highest BCUT2D eigenvalue weighted by Crippen LogP contribution is 2.26. The third-order valence-electron chi connectivity index (χ3n) is 6.92. The number of nitrogens with one attached hydrogen (secondary N) is 1. The molecule has 0 fully saturated rings. The Morgan fingerprint density at radius 3 is 2.07 bits per heavy atom. The van der Waals surface area contributed by atoms with E-state index in [1.54, 1.807) is 30.3 Å². The van der Waals surface area contributed by atoms with Gasteiger partial charge in [-0.1, -0.05) is 102 Å². The molecule has 1 atom stereocenters. The third-order valence-corrected chi connectivity index (χ3v) is 9.46. The van der Waals surface area contributed by atoms with Crippen molar-refractivity contribution in [2.45, 2.75) is 37.8 Å². The summed E-state index contributed by atoms with van der Waals surface area (Å²) in [5.74, 6) is -0.631. The maximum atomic E-state index is 14.4. The van der Waals surface area contributed by atoms with Crippen molar-refractivity contribution in [1.82, 2.24) is 10.2 Å². The van der Waals surface area contributed by atoms with Crippen LogP contribution in [0.5, 0.6) is 0 Å². The first kappa shape index (κ1) is 33.2. The van der Waals surface area contributed by atoms with E-state index >= 15 is 0 Å². The molecule has 0 saturated heterocycles. The minimum absolute atomic E-state index is 0.00685. The number of amides is 2. The molecule has 0 aromatic heterocycles. The summed E-state index contributed by atoms with van der Waals surface area (Å²) in [6.45, 7) is 4.00. The zero-order chi connectivity index (χ0) is 31.7. The predicted molar refractivity (Wildman–Crippen MR) is 179 cm³/mol. The van der Waals surface area contributed by atoms with Crippen LogP contribution in [0.4, 0.5) is 5.69 Å². The highest BCUT2D eigenvalue weighted by atomic mass is 79.9. The van der Waals surface area contributed by atoms with Crippen LogP contribution in [0.2, 0.25) is 5.02 Å². The molecule has 4 rings (SSSR count). The maximum absolute atomic E-state index is 14.4. The highest BCUT2D eigenvalue weighted by Gasteiger charge is 2.34. The van der Waals surface area contributed by atoms with Crippen molar-refractivity contribution in [1.29, 1.82) is 0 Å². The van der Waals surface area contributed by atoms with E-state index in [1.165, 1.54) is 29.2 Å². The van der Waals surface area contributed by atoms with Crippen LogP contribution >= 0.6 is 27.5 Å². The van der Waals surface area contributed by atoms with Crippen LogP contribution in [0.15, 0.2) is 119 Å². The van der Waals surface area contributed by atoms with E-state index in [9.17, 15) is 18.0 Å². The van der Waals surface area contributed by atoms with Gasteiger partial charge in [0.25, 0.3) is 10.0 Å². The summed E-state index contributed by atoms with van der Waals surface area (Å²) >= 11 is 9.54. The Labute approximate surface area is 273 Å². The van der Waals surface area contributed by atoms with Gasteiger partial charge < -0.3 is 10.2 Å². The van der Waals surface area contributed by atoms with E-state index in [4.69, 9.17) is 11.6 Å². The molecule has 0 bridgehead atoms. The lowest BCUT2D eigenvalue weighted by Gasteiger charge is -2.34. The molecular weight excluding hydrogens is 662 g/mol. The zero-order valence-corrected chi connectivity index (χ0v) is 27.7. The summed E-state index contributed by atoms with van der Waals surface area (Å²) in [5, 5.41) is 3.39. The molecule has 0 aliphatic heterocycles. The first-order valence-electron chi connectivity index (χ1n) is 14.2.